The first-order chi connectivity index (χ1) is 11.8. The first-order valence-electron chi connectivity index (χ1n) is 8.91. The molecule has 0 aliphatic heterocycles. The summed E-state index contributed by atoms with van der Waals surface area (Å²) in [6.07, 6.45) is 2.27. The van der Waals surface area contributed by atoms with Crippen LogP contribution < -0.4 is 5.32 Å². The number of rotatable bonds is 4. The zero-order chi connectivity index (χ0) is 18.2. The van der Waals surface area contributed by atoms with Gasteiger partial charge in [-0.25, -0.2) is 4.68 Å². The average Bonchev–Trinajstić information content (AvgIpc) is 3.14. The van der Waals surface area contributed by atoms with Gasteiger partial charge in [-0.3, -0.25) is 4.79 Å². The monoisotopic (exact) mass is 341 g/mol. The maximum Gasteiger partial charge on any atom is 0.272 e. The van der Waals surface area contributed by atoms with Gasteiger partial charge in [-0.05, 0) is 43.7 Å². The molecule has 1 unspecified atom stereocenters. The highest BCUT2D eigenvalue weighted by atomic mass is 16.3. The van der Waals surface area contributed by atoms with Crippen molar-refractivity contribution >= 4 is 5.91 Å². The molecular weight excluding hydrogens is 314 g/mol. The summed E-state index contributed by atoms with van der Waals surface area (Å²) in [6.45, 7) is 8.14. The molecule has 5 heteroatoms. The number of carbonyl (C=O) groups is 1. The molecule has 1 atom stereocenters. The molecule has 0 bridgehead atoms. The molecule has 0 radical (unpaired) electrons. The van der Waals surface area contributed by atoms with Gasteiger partial charge in [0.2, 0.25) is 0 Å². The van der Waals surface area contributed by atoms with Crippen LogP contribution in [0.3, 0.4) is 0 Å². The Bertz CT molecular complexity index is 769. The minimum Gasteiger partial charge on any atom is -0.391 e. The Labute approximate surface area is 149 Å². The topological polar surface area (TPSA) is 67.2 Å². The van der Waals surface area contributed by atoms with Gasteiger partial charge in [0.15, 0.2) is 5.69 Å². The van der Waals surface area contributed by atoms with Gasteiger partial charge < -0.3 is 10.4 Å². The standard InChI is InChI=1S/C20H27N3O2/c1-13-8-10-14(11-9-13)23-16-7-5-6-15(16)18(22-23)19(25)21-12-17(24)20(2,3)4/h8-11,17,24H,5-7,12H2,1-4H3,(H,21,25). The second-order valence-electron chi connectivity index (χ2n) is 7.97. The van der Waals surface area contributed by atoms with E-state index in [9.17, 15) is 9.90 Å². The molecule has 2 N–H and O–H groups in total. The van der Waals surface area contributed by atoms with Crippen LogP contribution in [0.1, 0.15) is 54.5 Å². The molecule has 0 spiro atoms. The van der Waals surface area contributed by atoms with E-state index in [1.807, 2.05) is 37.6 Å². The first-order valence-corrected chi connectivity index (χ1v) is 8.91. The first kappa shape index (κ1) is 17.7. The van der Waals surface area contributed by atoms with Crippen LogP contribution in [-0.4, -0.2) is 33.4 Å². The van der Waals surface area contributed by atoms with Gasteiger partial charge in [-0.15, -0.1) is 0 Å². The third-order valence-corrected chi connectivity index (χ3v) is 4.88. The van der Waals surface area contributed by atoms with Crippen LogP contribution in [0.4, 0.5) is 0 Å². The molecule has 0 saturated carbocycles. The molecule has 5 nitrogen and oxygen atoms in total. The number of fused-ring (bicyclic) bond motifs is 1. The van der Waals surface area contributed by atoms with Crippen LogP contribution >= 0.6 is 0 Å². The molecule has 1 heterocycles. The van der Waals surface area contributed by atoms with Crippen LogP contribution in [-0.2, 0) is 12.8 Å². The van der Waals surface area contributed by atoms with Gasteiger partial charge in [-0.1, -0.05) is 38.5 Å². The Morgan fingerprint density at radius 3 is 2.60 bits per heavy atom. The highest BCUT2D eigenvalue weighted by Gasteiger charge is 2.28. The van der Waals surface area contributed by atoms with E-state index in [2.05, 4.69) is 29.5 Å². The van der Waals surface area contributed by atoms with Crippen molar-refractivity contribution in [3.8, 4) is 5.69 Å². The summed E-state index contributed by atoms with van der Waals surface area (Å²) in [5.74, 6) is -0.202. The summed E-state index contributed by atoms with van der Waals surface area (Å²) in [4.78, 5) is 12.6. The van der Waals surface area contributed by atoms with Crippen molar-refractivity contribution in [2.45, 2.75) is 53.1 Å². The van der Waals surface area contributed by atoms with Crippen LogP contribution in [0.15, 0.2) is 24.3 Å². The fourth-order valence-corrected chi connectivity index (χ4v) is 3.10. The summed E-state index contributed by atoms with van der Waals surface area (Å²) in [6, 6.07) is 8.17. The van der Waals surface area contributed by atoms with E-state index in [0.717, 1.165) is 36.2 Å². The van der Waals surface area contributed by atoms with Crippen LogP contribution in [0, 0.1) is 12.3 Å². The largest absolute Gasteiger partial charge is 0.391 e. The number of hydrogen-bond donors (Lipinski definition) is 2. The smallest absolute Gasteiger partial charge is 0.272 e. The normalized spacial score (nSPS) is 15.1. The second kappa shape index (κ2) is 6.64. The summed E-state index contributed by atoms with van der Waals surface area (Å²) in [5.41, 5.74) is 4.58. The van der Waals surface area contributed by atoms with Gasteiger partial charge in [0.1, 0.15) is 0 Å². The zero-order valence-corrected chi connectivity index (χ0v) is 15.5. The lowest BCUT2D eigenvalue weighted by atomic mass is 9.89. The molecule has 25 heavy (non-hydrogen) atoms. The number of amides is 1. The van der Waals surface area contributed by atoms with Crippen LogP contribution in [0.2, 0.25) is 0 Å². The van der Waals surface area contributed by atoms with E-state index in [1.54, 1.807) is 0 Å². The third kappa shape index (κ3) is 3.61. The van der Waals surface area contributed by atoms with E-state index in [1.165, 1.54) is 5.56 Å². The van der Waals surface area contributed by atoms with Crippen molar-refractivity contribution in [1.29, 1.82) is 0 Å². The average molecular weight is 341 g/mol. The van der Waals surface area contributed by atoms with Crippen LogP contribution in [0.5, 0.6) is 0 Å². The van der Waals surface area contributed by atoms with Crippen molar-refractivity contribution in [3.63, 3.8) is 0 Å². The molecule has 0 saturated heterocycles. The lowest BCUT2D eigenvalue weighted by Gasteiger charge is -2.25. The van der Waals surface area contributed by atoms with Crippen molar-refractivity contribution in [2.24, 2.45) is 5.41 Å². The third-order valence-electron chi connectivity index (χ3n) is 4.88. The molecule has 1 amide bonds. The SMILES string of the molecule is Cc1ccc(-n2nc(C(=O)NCC(O)C(C)(C)C)c3c2CCC3)cc1. The number of aliphatic hydroxyl groups excluding tert-OH is 1. The van der Waals surface area contributed by atoms with Crippen molar-refractivity contribution in [3.05, 3.63) is 46.8 Å². The Balaban J connectivity index is 1.84. The lowest BCUT2D eigenvalue weighted by molar-refractivity contribution is 0.0585. The quantitative estimate of drug-likeness (QED) is 0.898. The fraction of sp³-hybridized carbons (Fsp3) is 0.500. The summed E-state index contributed by atoms with van der Waals surface area (Å²) < 4.78 is 1.90. The molecule has 1 aliphatic rings. The Morgan fingerprint density at radius 1 is 1.28 bits per heavy atom. The minimum absolute atomic E-state index is 0.202. The second-order valence-corrected chi connectivity index (χ2v) is 7.97. The Hall–Kier alpha value is -2.14. The molecule has 2 aromatic rings. The summed E-state index contributed by atoms with van der Waals surface area (Å²) in [5, 5.41) is 17.6. The maximum absolute atomic E-state index is 12.6. The van der Waals surface area contributed by atoms with Gasteiger partial charge in [0.05, 0.1) is 11.8 Å². The van der Waals surface area contributed by atoms with E-state index < -0.39 is 6.10 Å². The number of aryl methyl sites for hydroxylation is 1. The number of nitrogens with zero attached hydrogens (tertiary/aromatic N) is 2. The number of benzene rings is 1. The molecule has 1 aromatic carbocycles. The van der Waals surface area contributed by atoms with Crippen molar-refractivity contribution < 1.29 is 9.90 Å². The molecule has 3 rings (SSSR count). The van der Waals surface area contributed by atoms with Crippen LogP contribution in [0.25, 0.3) is 5.69 Å². The highest BCUT2D eigenvalue weighted by Crippen LogP contribution is 2.28. The zero-order valence-electron chi connectivity index (χ0n) is 15.5. The Kier molecular flexibility index (Phi) is 4.69. The summed E-state index contributed by atoms with van der Waals surface area (Å²) >= 11 is 0. The molecule has 0 fully saturated rings. The predicted octanol–water partition coefficient (Wildman–Crippen LogP) is 2.81. The number of hydrogen-bond acceptors (Lipinski definition) is 3. The Morgan fingerprint density at radius 2 is 1.96 bits per heavy atom. The van der Waals surface area contributed by atoms with E-state index >= 15 is 0 Å². The minimum atomic E-state index is -0.594. The molecule has 1 aromatic heterocycles. The van der Waals surface area contributed by atoms with Gasteiger partial charge in [0, 0.05) is 17.8 Å². The van der Waals surface area contributed by atoms with Crippen molar-refractivity contribution in [1.82, 2.24) is 15.1 Å². The molecule has 1 aliphatic carbocycles. The van der Waals surface area contributed by atoms with Gasteiger partial charge in [-0.2, -0.15) is 5.10 Å². The van der Waals surface area contributed by atoms with Gasteiger partial charge in [0.25, 0.3) is 5.91 Å². The number of carbonyl (C=O) groups excluding carboxylic acids is 1. The van der Waals surface area contributed by atoms with Crippen molar-refractivity contribution in [2.75, 3.05) is 6.54 Å². The lowest BCUT2D eigenvalue weighted by Crippen LogP contribution is -2.39. The fourth-order valence-electron chi connectivity index (χ4n) is 3.10. The summed E-state index contributed by atoms with van der Waals surface area (Å²) in [7, 11) is 0. The molecular formula is C20H27N3O2. The number of aliphatic hydroxyl groups is 1. The number of nitrogens with one attached hydrogen (secondary N) is 1. The maximum atomic E-state index is 12.6. The van der Waals surface area contributed by atoms with E-state index in [4.69, 9.17) is 0 Å². The van der Waals surface area contributed by atoms with Gasteiger partial charge >= 0.3 is 0 Å². The van der Waals surface area contributed by atoms with E-state index in [-0.39, 0.29) is 17.9 Å². The molecule has 134 valence electrons. The highest BCUT2D eigenvalue weighted by molar-refractivity contribution is 5.94. The predicted molar refractivity (Wildman–Crippen MR) is 98.1 cm³/mol. The number of aromatic nitrogens is 2. The van der Waals surface area contributed by atoms with E-state index in [0.29, 0.717) is 5.69 Å².